The van der Waals surface area contributed by atoms with E-state index in [4.69, 9.17) is 12.2 Å². The predicted molar refractivity (Wildman–Crippen MR) is 60.3 cm³/mol. The monoisotopic (exact) mass is 191 g/mol. The van der Waals surface area contributed by atoms with Crippen LogP contribution in [0.15, 0.2) is 18.2 Å². The van der Waals surface area contributed by atoms with E-state index in [2.05, 4.69) is 30.4 Å². The third-order valence-corrected chi connectivity index (χ3v) is 2.70. The summed E-state index contributed by atoms with van der Waals surface area (Å²) in [7, 11) is 0. The van der Waals surface area contributed by atoms with Crippen molar-refractivity contribution >= 4 is 22.9 Å². The van der Waals surface area contributed by atoms with Gasteiger partial charge in [0, 0.05) is 5.69 Å². The molecule has 13 heavy (non-hydrogen) atoms. The molecule has 0 unspecified atom stereocenters. The number of hydrogen-bond donors (Lipinski definition) is 1. The first-order chi connectivity index (χ1) is 6.25. The zero-order chi connectivity index (χ0) is 9.26. The molecule has 0 saturated carbocycles. The van der Waals surface area contributed by atoms with Crippen molar-refractivity contribution in [3.8, 4) is 0 Å². The minimum atomic E-state index is 0.976. The van der Waals surface area contributed by atoms with E-state index in [0.717, 1.165) is 17.8 Å². The molecule has 1 nitrogen and oxygen atoms in total. The maximum atomic E-state index is 5.20. The number of thiocarbonyl (C=S) groups is 1. The van der Waals surface area contributed by atoms with Crippen molar-refractivity contribution in [2.24, 2.45) is 0 Å². The second-order valence-corrected chi connectivity index (χ2v) is 4.06. The van der Waals surface area contributed by atoms with Crippen molar-refractivity contribution in [2.45, 2.75) is 26.2 Å². The minimum absolute atomic E-state index is 0.976. The van der Waals surface area contributed by atoms with Crippen LogP contribution in [0.5, 0.6) is 0 Å². The molecule has 1 aliphatic heterocycles. The molecule has 0 bridgehead atoms. The maximum Gasteiger partial charge on any atom is 0.0797 e. The second-order valence-electron chi connectivity index (χ2n) is 3.56. The largest absolute Gasteiger partial charge is 0.350 e. The van der Waals surface area contributed by atoms with Gasteiger partial charge in [0.1, 0.15) is 0 Å². The summed E-state index contributed by atoms with van der Waals surface area (Å²) in [4.78, 5) is 0.976. The van der Waals surface area contributed by atoms with Crippen LogP contribution in [-0.4, -0.2) is 4.99 Å². The lowest BCUT2D eigenvalue weighted by molar-refractivity contribution is 0.883. The number of nitrogens with one attached hydrogen (secondary N) is 1. The Hall–Kier alpha value is -0.890. The SMILES string of the molecule is Cc1ccc2c(c1)NC(=S)CCC2. The van der Waals surface area contributed by atoms with Gasteiger partial charge in [0.2, 0.25) is 0 Å². The summed E-state index contributed by atoms with van der Waals surface area (Å²) in [5, 5.41) is 3.29. The summed E-state index contributed by atoms with van der Waals surface area (Å²) in [5.41, 5.74) is 3.89. The van der Waals surface area contributed by atoms with Gasteiger partial charge in [-0.2, -0.15) is 0 Å². The van der Waals surface area contributed by atoms with E-state index < -0.39 is 0 Å². The molecule has 0 amide bonds. The molecule has 1 heterocycles. The van der Waals surface area contributed by atoms with Gasteiger partial charge < -0.3 is 5.32 Å². The first-order valence-electron chi connectivity index (χ1n) is 4.65. The normalized spacial score (nSPS) is 15.9. The number of aryl methyl sites for hydroxylation is 2. The fourth-order valence-corrected chi connectivity index (χ4v) is 1.93. The Morgan fingerprint density at radius 2 is 2.15 bits per heavy atom. The summed E-state index contributed by atoms with van der Waals surface area (Å²) >= 11 is 5.20. The van der Waals surface area contributed by atoms with Gasteiger partial charge in [-0.05, 0) is 43.4 Å². The van der Waals surface area contributed by atoms with Crippen LogP contribution in [0.1, 0.15) is 24.0 Å². The molecule has 1 aliphatic rings. The highest BCUT2D eigenvalue weighted by atomic mass is 32.1. The standard InChI is InChI=1S/C11H13NS/c1-8-5-6-9-3-2-4-11(13)12-10(9)7-8/h5-7H,2-4H2,1H3,(H,12,13). The van der Waals surface area contributed by atoms with Crippen molar-refractivity contribution in [1.82, 2.24) is 0 Å². The first-order valence-corrected chi connectivity index (χ1v) is 5.06. The van der Waals surface area contributed by atoms with Gasteiger partial charge in [-0.3, -0.25) is 0 Å². The van der Waals surface area contributed by atoms with Crippen LogP contribution in [0, 0.1) is 6.92 Å². The van der Waals surface area contributed by atoms with Gasteiger partial charge in [0.05, 0.1) is 4.99 Å². The number of rotatable bonds is 0. The summed E-state index contributed by atoms with van der Waals surface area (Å²) in [6.45, 7) is 2.11. The van der Waals surface area contributed by atoms with Gasteiger partial charge in [-0.25, -0.2) is 0 Å². The first kappa shape index (κ1) is 8.70. The molecule has 0 aliphatic carbocycles. The molecule has 0 atom stereocenters. The van der Waals surface area contributed by atoms with Crippen molar-refractivity contribution in [3.05, 3.63) is 29.3 Å². The van der Waals surface area contributed by atoms with Crippen LogP contribution in [0.4, 0.5) is 5.69 Å². The van der Waals surface area contributed by atoms with E-state index in [1.54, 1.807) is 0 Å². The van der Waals surface area contributed by atoms with E-state index in [9.17, 15) is 0 Å². The van der Waals surface area contributed by atoms with Crippen LogP contribution < -0.4 is 5.32 Å². The third-order valence-electron chi connectivity index (χ3n) is 2.39. The average Bonchev–Trinajstić information content (AvgIpc) is 2.25. The highest BCUT2D eigenvalue weighted by Crippen LogP contribution is 2.23. The van der Waals surface area contributed by atoms with E-state index in [-0.39, 0.29) is 0 Å². The van der Waals surface area contributed by atoms with Crippen LogP contribution in [0.2, 0.25) is 0 Å². The van der Waals surface area contributed by atoms with Crippen LogP contribution in [-0.2, 0) is 6.42 Å². The average molecular weight is 191 g/mol. The number of hydrogen-bond acceptors (Lipinski definition) is 1. The lowest BCUT2D eigenvalue weighted by Gasteiger charge is -2.07. The van der Waals surface area contributed by atoms with Gasteiger partial charge in [0.25, 0.3) is 0 Å². The second kappa shape index (κ2) is 3.46. The Kier molecular flexibility index (Phi) is 2.32. The van der Waals surface area contributed by atoms with Crippen molar-refractivity contribution in [1.29, 1.82) is 0 Å². The summed E-state index contributed by atoms with van der Waals surface area (Å²) in [6.07, 6.45) is 3.33. The predicted octanol–water partition coefficient (Wildman–Crippen LogP) is 3.07. The Labute approximate surface area is 84.2 Å². The quantitative estimate of drug-likeness (QED) is 0.632. The molecule has 2 rings (SSSR count). The Bertz CT molecular complexity index is 344. The van der Waals surface area contributed by atoms with E-state index in [1.807, 2.05) is 0 Å². The van der Waals surface area contributed by atoms with Gasteiger partial charge >= 0.3 is 0 Å². The lowest BCUT2D eigenvalue weighted by Crippen LogP contribution is -2.06. The Morgan fingerprint density at radius 3 is 3.00 bits per heavy atom. The van der Waals surface area contributed by atoms with Gasteiger partial charge in [-0.15, -0.1) is 0 Å². The summed E-state index contributed by atoms with van der Waals surface area (Å²) < 4.78 is 0. The lowest BCUT2D eigenvalue weighted by atomic mass is 10.1. The smallest absolute Gasteiger partial charge is 0.0797 e. The van der Waals surface area contributed by atoms with E-state index in [1.165, 1.54) is 23.2 Å². The molecule has 1 aromatic carbocycles. The Morgan fingerprint density at radius 1 is 1.31 bits per heavy atom. The van der Waals surface area contributed by atoms with Crippen LogP contribution in [0.25, 0.3) is 0 Å². The topological polar surface area (TPSA) is 12.0 Å². The minimum Gasteiger partial charge on any atom is -0.350 e. The molecule has 0 radical (unpaired) electrons. The van der Waals surface area contributed by atoms with Crippen molar-refractivity contribution in [2.75, 3.05) is 5.32 Å². The zero-order valence-corrected chi connectivity index (χ0v) is 8.58. The van der Waals surface area contributed by atoms with E-state index in [0.29, 0.717) is 0 Å². The molecule has 0 aromatic heterocycles. The molecule has 68 valence electrons. The molecule has 2 heteroatoms. The van der Waals surface area contributed by atoms with Crippen molar-refractivity contribution < 1.29 is 0 Å². The molecule has 1 N–H and O–H groups in total. The molecule has 0 spiro atoms. The van der Waals surface area contributed by atoms with Gasteiger partial charge in [-0.1, -0.05) is 24.4 Å². The van der Waals surface area contributed by atoms with Gasteiger partial charge in [0.15, 0.2) is 0 Å². The number of benzene rings is 1. The van der Waals surface area contributed by atoms with Crippen LogP contribution in [0.3, 0.4) is 0 Å². The number of fused-ring (bicyclic) bond motifs is 1. The number of anilines is 1. The molecule has 1 aromatic rings. The van der Waals surface area contributed by atoms with Crippen LogP contribution >= 0.6 is 12.2 Å². The molecular weight excluding hydrogens is 178 g/mol. The third kappa shape index (κ3) is 1.89. The molecule has 0 fully saturated rings. The summed E-state index contributed by atoms with van der Waals surface area (Å²) in [5.74, 6) is 0. The molecular formula is C11H13NS. The fourth-order valence-electron chi connectivity index (χ4n) is 1.68. The molecule has 0 saturated heterocycles. The maximum absolute atomic E-state index is 5.20. The zero-order valence-electron chi connectivity index (χ0n) is 7.76. The van der Waals surface area contributed by atoms with Crippen molar-refractivity contribution in [3.63, 3.8) is 0 Å². The summed E-state index contributed by atoms with van der Waals surface area (Å²) in [6, 6.07) is 6.54. The fraction of sp³-hybridized carbons (Fsp3) is 0.364. The van der Waals surface area contributed by atoms with E-state index >= 15 is 0 Å². The Balaban J connectivity index is 2.40. The highest BCUT2D eigenvalue weighted by Gasteiger charge is 2.09. The highest BCUT2D eigenvalue weighted by molar-refractivity contribution is 7.80.